The molecule has 6 heteroatoms. The van der Waals surface area contributed by atoms with E-state index in [2.05, 4.69) is 10.1 Å². The van der Waals surface area contributed by atoms with E-state index in [-0.39, 0.29) is 0 Å². The summed E-state index contributed by atoms with van der Waals surface area (Å²) in [6, 6.07) is 9.93. The van der Waals surface area contributed by atoms with E-state index in [0.29, 0.717) is 16.9 Å². The highest BCUT2D eigenvalue weighted by molar-refractivity contribution is 5.81. The lowest BCUT2D eigenvalue weighted by molar-refractivity contribution is -0.164. The quantitative estimate of drug-likeness (QED) is 0.651. The van der Waals surface area contributed by atoms with Crippen molar-refractivity contribution in [2.45, 2.75) is 46.3 Å². The highest BCUT2D eigenvalue weighted by Crippen LogP contribution is 2.35. The van der Waals surface area contributed by atoms with Gasteiger partial charge < -0.3 is 9.47 Å². The van der Waals surface area contributed by atoms with E-state index in [1.807, 2.05) is 65.0 Å². The number of benzene rings is 1. The minimum absolute atomic E-state index is 0.463. The number of aryl methyl sites for hydroxylation is 2. The Bertz CT molecular complexity index is 969. The second kappa shape index (κ2) is 7.12. The number of rotatable bonds is 4. The van der Waals surface area contributed by atoms with Crippen LogP contribution in [0.25, 0.3) is 16.9 Å². The summed E-state index contributed by atoms with van der Waals surface area (Å²) in [5, 5.41) is 4.43. The number of ether oxygens (including phenoxy) is 2. The van der Waals surface area contributed by atoms with Crippen molar-refractivity contribution in [3.05, 3.63) is 53.3 Å². The molecule has 0 spiro atoms. The van der Waals surface area contributed by atoms with E-state index in [4.69, 9.17) is 9.47 Å². The van der Waals surface area contributed by atoms with Crippen molar-refractivity contribution in [3.8, 4) is 11.3 Å². The molecule has 0 bridgehead atoms. The monoisotopic (exact) mass is 367 g/mol. The number of fused-ring (bicyclic) bond motifs is 1. The molecule has 142 valence electrons. The van der Waals surface area contributed by atoms with Crippen LogP contribution in [0.15, 0.2) is 36.5 Å². The summed E-state index contributed by atoms with van der Waals surface area (Å²) in [4.78, 5) is 17.3. The Morgan fingerprint density at radius 2 is 1.78 bits per heavy atom. The molecule has 0 radical (unpaired) electrons. The van der Waals surface area contributed by atoms with Crippen molar-refractivity contribution in [2.24, 2.45) is 0 Å². The molecule has 2 aromatic heterocycles. The zero-order valence-corrected chi connectivity index (χ0v) is 16.6. The molecule has 1 unspecified atom stereocenters. The van der Waals surface area contributed by atoms with Gasteiger partial charge in [-0.1, -0.05) is 29.8 Å². The average molecular weight is 367 g/mol. The van der Waals surface area contributed by atoms with E-state index >= 15 is 0 Å². The molecule has 0 amide bonds. The average Bonchev–Trinajstić information content (AvgIpc) is 3.06. The van der Waals surface area contributed by atoms with Gasteiger partial charge in [0.05, 0.1) is 24.6 Å². The fraction of sp³-hybridized carbons (Fsp3) is 0.381. The molecule has 1 aromatic carbocycles. The topological polar surface area (TPSA) is 65.7 Å². The highest BCUT2D eigenvalue weighted by Gasteiger charge is 2.33. The number of hydrogen-bond acceptors (Lipinski definition) is 5. The third-order valence-corrected chi connectivity index (χ3v) is 4.24. The molecule has 0 fully saturated rings. The second-order valence-electron chi connectivity index (χ2n) is 7.56. The number of esters is 1. The molecule has 1 atom stereocenters. The molecule has 0 aliphatic rings. The van der Waals surface area contributed by atoms with E-state index in [1.165, 1.54) is 7.11 Å². The van der Waals surface area contributed by atoms with Crippen LogP contribution in [-0.4, -0.2) is 33.3 Å². The molecule has 0 aliphatic carbocycles. The first-order valence-corrected chi connectivity index (χ1v) is 8.88. The molecule has 3 rings (SSSR count). The molecule has 0 saturated carbocycles. The van der Waals surface area contributed by atoms with Gasteiger partial charge in [-0.2, -0.15) is 5.10 Å². The minimum atomic E-state index is -0.910. The van der Waals surface area contributed by atoms with Gasteiger partial charge in [0.25, 0.3) is 0 Å². The molecular formula is C21H25N3O3. The zero-order chi connectivity index (χ0) is 19.8. The van der Waals surface area contributed by atoms with Crippen molar-refractivity contribution in [1.29, 1.82) is 0 Å². The van der Waals surface area contributed by atoms with E-state index in [1.54, 1.807) is 10.7 Å². The van der Waals surface area contributed by atoms with Crippen LogP contribution in [0.1, 0.15) is 43.7 Å². The summed E-state index contributed by atoms with van der Waals surface area (Å²) < 4.78 is 12.9. The van der Waals surface area contributed by atoms with Gasteiger partial charge in [0.2, 0.25) is 0 Å². The maximum absolute atomic E-state index is 12.6. The van der Waals surface area contributed by atoms with Gasteiger partial charge in [0.15, 0.2) is 11.8 Å². The predicted molar refractivity (Wildman–Crippen MR) is 103 cm³/mol. The Balaban J connectivity index is 2.33. The summed E-state index contributed by atoms with van der Waals surface area (Å²) in [7, 11) is 1.36. The Morgan fingerprint density at radius 3 is 2.37 bits per heavy atom. The second-order valence-corrected chi connectivity index (χ2v) is 7.56. The van der Waals surface area contributed by atoms with Crippen molar-refractivity contribution in [2.75, 3.05) is 7.11 Å². The van der Waals surface area contributed by atoms with Crippen LogP contribution in [0.4, 0.5) is 0 Å². The number of carbonyl (C=O) groups excluding carboxylic acids is 1. The molecule has 0 aliphatic heterocycles. The Hall–Kier alpha value is -2.73. The van der Waals surface area contributed by atoms with Gasteiger partial charge in [-0.05, 0) is 34.6 Å². The molecule has 0 N–H and O–H groups in total. The maximum Gasteiger partial charge on any atom is 0.339 e. The summed E-state index contributed by atoms with van der Waals surface area (Å²) in [6.45, 7) is 9.63. The number of nitrogens with zero attached hydrogens (tertiary/aromatic N) is 3. The van der Waals surface area contributed by atoms with Gasteiger partial charge in [0, 0.05) is 22.9 Å². The van der Waals surface area contributed by atoms with Crippen molar-refractivity contribution in [1.82, 2.24) is 14.6 Å². The van der Waals surface area contributed by atoms with Crippen molar-refractivity contribution < 1.29 is 14.3 Å². The normalized spacial score (nSPS) is 13.0. The summed E-state index contributed by atoms with van der Waals surface area (Å²) in [5.41, 5.74) is 4.40. The lowest BCUT2D eigenvalue weighted by atomic mass is 9.98. The highest BCUT2D eigenvalue weighted by atomic mass is 16.6. The fourth-order valence-corrected chi connectivity index (χ4v) is 3.06. The Labute approximate surface area is 159 Å². The van der Waals surface area contributed by atoms with Crippen LogP contribution in [0.5, 0.6) is 0 Å². The first-order chi connectivity index (χ1) is 12.7. The van der Waals surface area contributed by atoms with Crippen LogP contribution < -0.4 is 0 Å². The van der Waals surface area contributed by atoms with Crippen molar-refractivity contribution >= 4 is 11.6 Å². The molecule has 0 saturated heterocycles. The van der Waals surface area contributed by atoms with Gasteiger partial charge in [-0.15, -0.1) is 0 Å². The third-order valence-electron chi connectivity index (χ3n) is 4.24. The maximum atomic E-state index is 12.6. The summed E-state index contributed by atoms with van der Waals surface area (Å²) in [5.74, 6) is -0.463. The smallest absolute Gasteiger partial charge is 0.339 e. The van der Waals surface area contributed by atoms with Crippen LogP contribution >= 0.6 is 0 Å². The molecule has 3 aromatic rings. The van der Waals surface area contributed by atoms with Gasteiger partial charge in [-0.25, -0.2) is 14.3 Å². The summed E-state index contributed by atoms with van der Waals surface area (Å²) >= 11 is 0. The molecule has 2 heterocycles. The lowest BCUT2D eigenvalue weighted by Crippen LogP contribution is -2.29. The number of carbonyl (C=O) groups is 1. The third kappa shape index (κ3) is 3.85. The van der Waals surface area contributed by atoms with Gasteiger partial charge in [0.1, 0.15) is 0 Å². The van der Waals surface area contributed by atoms with Crippen LogP contribution in [0.2, 0.25) is 0 Å². The van der Waals surface area contributed by atoms with Crippen LogP contribution in [0, 0.1) is 13.8 Å². The van der Waals surface area contributed by atoms with E-state index in [9.17, 15) is 4.79 Å². The van der Waals surface area contributed by atoms with E-state index in [0.717, 1.165) is 16.8 Å². The Morgan fingerprint density at radius 1 is 1.11 bits per heavy atom. The van der Waals surface area contributed by atoms with Crippen LogP contribution in [-0.2, 0) is 14.3 Å². The molecular weight excluding hydrogens is 342 g/mol. The standard InChI is InChI=1S/C21H25N3O3/c1-13-7-9-15(10-8-13)18-17(14(2)23-16-11-12-22-24(16)18)19(20(25)26-6)27-21(3,4)5/h7-12,19H,1-6H3. The van der Waals surface area contributed by atoms with E-state index < -0.39 is 17.7 Å². The SMILES string of the molecule is COC(=O)C(OC(C)(C)C)c1c(C)nc2ccnn2c1-c1ccc(C)cc1. The number of hydrogen-bond donors (Lipinski definition) is 0. The van der Waals surface area contributed by atoms with Crippen LogP contribution in [0.3, 0.4) is 0 Å². The van der Waals surface area contributed by atoms with Gasteiger partial charge in [-0.3, -0.25) is 0 Å². The van der Waals surface area contributed by atoms with Crippen molar-refractivity contribution in [3.63, 3.8) is 0 Å². The fourth-order valence-electron chi connectivity index (χ4n) is 3.06. The zero-order valence-electron chi connectivity index (χ0n) is 16.6. The minimum Gasteiger partial charge on any atom is -0.467 e. The summed E-state index contributed by atoms with van der Waals surface area (Å²) in [6.07, 6.45) is 0.786. The molecule has 27 heavy (non-hydrogen) atoms. The molecule has 6 nitrogen and oxygen atoms in total. The number of methoxy groups -OCH3 is 1. The lowest BCUT2D eigenvalue weighted by Gasteiger charge is -2.28. The first kappa shape index (κ1) is 19.0. The predicted octanol–water partition coefficient (Wildman–Crippen LogP) is 4.04. The Kier molecular flexibility index (Phi) is 5.02. The number of aromatic nitrogens is 3. The first-order valence-electron chi connectivity index (χ1n) is 8.88. The largest absolute Gasteiger partial charge is 0.467 e. The van der Waals surface area contributed by atoms with Gasteiger partial charge >= 0.3 is 5.97 Å².